The average molecular weight is 412 g/mol. The Morgan fingerprint density at radius 2 is 1.83 bits per heavy atom. The molecule has 10 heteroatoms. The molecule has 0 radical (unpaired) electrons. The van der Waals surface area contributed by atoms with Crippen LogP contribution in [-0.2, 0) is 25.4 Å². The number of imidazole rings is 1. The number of para-hydroxylation sites is 1. The van der Waals surface area contributed by atoms with Crippen molar-refractivity contribution in [3.05, 3.63) is 57.0 Å². The summed E-state index contributed by atoms with van der Waals surface area (Å²) in [5, 5.41) is 5.55. The topological polar surface area (TPSA) is 120 Å². The molecule has 0 bridgehead atoms. The first-order valence-electron chi connectivity index (χ1n) is 9.63. The number of hydrogen-bond donors (Lipinski definition) is 2. The molecule has 3 aromatic rings. The van der Waals surface area contributed by atoms with Gasteiger partial charge >= 0.3 is 5.69 Å². The van der Waals surface area contributed by atoms with Gasteiger partial charge in [0.25, 0.3) is 11.5 Å². The van der Waals surface area contributed by atoms with Crippen molar-refractivity contribution in [3.8, 4) is 0 Å². The van der Waals surface area contributed by atoms with Gasteiger partial charge in [0.15, 0.2) is 11.2 Å². The summed E-state index contributed by atoms with van der Waals surface area (Å²) in [5.74, 6) is -0.699. The van der Waals surface area contributed by atoms with E-state index in [-0.39, 0.29) is 23.6 Å². The van der Waals surface area contributed by atoms with Crippen LogP contribution in [0.5, 0.6) is 0 Å². The van der Waals surface area contributed by atoms with Gasteiger partial charge in [-0.05, 0) is 18.6 Å². The molecule has 0 spiro atoms. The molecular weight excluding hydrogens is 388 g/mol. The first kappa shape index (κ1) is 21.0. The number of fused-ring (bicyclic) bond motifs is 1. The van der Waals surface area contributed by atoms with Crippen molar-refractivity contribution in [1.29, 1.82) is 0 Å². The number of carbonyl (C=O) groups is 2. The number of hydrogen-bond acceptors (Lipinski definition) is 5. The summed E-state index contributed by atoms with van der Waals surface area (Å²) in [6.45, 7) is 2.39. The third-order valence-electron chi connectivity index (χ3n) is 4.79. The molecular formula is C20H24N6O4. The summed E-state index contributed by atoms with van der Waals surface area (Å²) in [7, 11) is 2.88. The lowest BCUT2D eigenvalue weighted by Crippen LogP contribution is -2.37. The number of unbranched alkanes of at least 4 members (excludes halogenated alkanes) is 1. The van der Waals surface area contributed by atoms with E-state index in [4.69, 9.17) is 0 Å². The monoisotopic (exact) mass is 412 g/mol. The maximum atomic E-state index is 12.6. The van der Waals surface area contributed by atoms with Gasteiger partial charge in [0.05, 0.1) is 17.6 Å². The number of carbonyl (C=O) groups excluding carboxylic acids is 2. The summed E-state index contributed by atoms with van der Waals surface area (Å²) in [4.78, 5) is 53.7. The summed E-state index contributed by atoms with van der Waals surface area (Å²) in [6, 6.07) is 6.71. The minimum absolute atomic E-state index is 0.153. The van der Waals surface area contributed by atoms with Crippen LogP contribution in [0.25, 0.3) is 11.2 Å². The molecule has 158 valence electrons. The Hall–Kier alpha value is -3.69. The Bertz CT molecular complexity index is 1220. The fourth-order valence-corrected chi connectivity index (χ4v) is 3.13. The number of anilines is 1. The number of rotatable bonds is 7. The molecule has 30 heavy (non-hydrogen) atoms. The van der Waals surface area contributed by atoms with Crippen LogP contribution in [0.15, 0.2) is 40.2 Å². The van der Waals surface area contributed by atoms with Crippen molar-refractivity contribution >= 4 is 28.7 Å². The Labute approximate surface area is 172 Å². The zero-order valence-corrected chi connectivity index (χ0v) is 17.1. The molecule has 0 atom stereocenters. The first-order chi connectivity index (χ1) is 14.3. The van der Waals surface area contributed by atoms with Gasteiger partial charge in [-0.2, -0.15) is 0 Å². The van der Waals surface area contributed by atoms with Crippen molar-refractivity contribution in [2.75, 3.05) is 11.9 Å². The lowest BCUT2D eigenvalue weighted by atomic mass is 10.1. The number of nitrogens with zero attached hydrogens (tertiary/aromatic N) is 4. The predicted octanol–water partition coefficient (Wildman–Crippen LogP) is 0.602. The highest BCUT2D eigenvalue weighted by molar-refractivity contribution is 6.03. The summed E-state index contributed by atoms with van der Waals surface area (Å²) in [6.07, 6.45) is 3.17. The smallest absolute Gasteiger partial charge is 0.332 e. The molecule has 0 saturated heterocycles. The molecule has 0 unspecified atom stereocenters. The molecule has 1 aromatic carbocycles. The molecule has 2 amide bonds. The number of benzene rings is 1. The lowest BCUT2D eigenvalue weighted by Gasteiger charge is -2.12. The van der Waals surface area contributed by atoms with E-state index in [9.17, 15) is 19.2 Å². The van der Waals surface area contributed by atoms with E-state index in [1.807, 2.05) is 6.92 Å². The molecule has 0 aliphatic rings. The highest BCUT2D eigenvalue weighted by Gasteiger charge is 2.17. The Morgan fingerprint density at radius 1 is 1.10 bits per heavy atom. The molecule has 0 fully saturated rings. The van der Waals surface area contributed by atoms with Gasteiger partial charge in [0.1, 0.15) is 6.54 Å². The Kier molecular flexibility index (Phi) is 6.14. The van der Waals surface area contributed by atoms with E-state index >= 15 is 0 Å². The van der Waals surface area contributed by atoms with Crippen LogP contribution in [-0.4, -0.2) is 37.0 Å². The second-order valence-electron chi connectivity index (χ2n) is 6.95. The third-order valence-corrected chi connectivity index (χ3v) is 4.79. The zero-order valence-electron chi connectivity index (χ0n) is 17.1. The maximum absolute atomic E-state index is 12.6. The van der Waals surface area contributed by atoms with E-state index < -0.39 is 17.2 Å². The van der Waals surface area contributed by atoms with Crippen molar-refractivity contribution in [3.63, 3.8) is 0 Å². The van der Waals surface area contributed by atoms with Crippen molar-refractivity contribution < 1.29 is 9.59 Å². The van der Waals surface area contributed by atoms with Gasteiger partial charge in [0, 0.05) is 20.6 Å². The standard InChI is InChI=1S/C20H24N6O4/c1-4-5-10-21-18(28)13-8-6-7-9-14(13)23-15(27)11-26-12-22-17-16(26)19(29)25(3)20(30)24(17)2/h6-9,12H,4-5,10-11H2,1-3H3,(H,21,28)(H,23,27). The maximum Gasteiger partial charge on any atom is 0.332 e. The quantitative estimate of drug-likeness (QED) is 0.551. The molecule has 2 heterocycles. The van der Waals surface area contributed by atoms with Crippen molar-refractivity contribution in [2.45, 2.75) is 26.3 Å². The molecule has 0 aliphatic heterocycles. The number of amides is 2. The third kappa shape index (κ3) is 4.02. The van der Waals surface area contributed by atoms with Gasteiger partial charge in [-0.3, -0.25) is 23.5 Å². The SMILES string of the molecule is CCCCNC(=O)c1ccccc1NC(=O)Cn1cnc2c1c(=O)n(C)c(=O)n2C. The normalized spacial score (nSPS) is 10.9. The van der Waals surface area contributed by atoms with E-state index in [1.54, 1.807) is 24.3 Å². The van der Waals surface area contributed by atoms with Crippen LogP contribution in [0.3, 0.4) is 0 Å². The highest BCUT2D eigenvalue weighted by atomic mass is 16.2. The summed E-state index contributed by atoms with van der Waals surface area (Å²) in [5.41, 5.74) is 0.0586. The number of aromatic nitrogens is 4. The first-order valence-corrected chi connectivity index (χ1v) is 9.63. The van der Waals surface area contributed by atoms with Crippen LogP contribution in [0.4, 0.5) is 5.69 Å². The van der Waals surface area contributed by atoms with Gasteiger partial charge < -0.3 is 15.2 Å². The van der Waals surface area contributed by atoms with Crippen molar-refractivity contribution in [1.82, 2.24) is 24.0 Å². The van der Waals surface area contributed by atoms with Crippen LogP contribution in [0.1, 0.15) is 30.1 Å². The number of nitrogens with one attached hydrogen (secondary N) is 2. The fraction of sp³-hybridized carbons (Fsp3) is 0.350. The van der Waals surface area contributed by atoms with E-state index in [1.165, 1.54) is 29.6 Å². The van der Waals surface area contributed by atoms with Gasteiger partial charge in [-0.1, -0.05) is 25.5 Å². The predicted molar refractivity (Wildman–Crippen MR) is 113 cm³/mol. The minimum Gasteiger partial charge on any atom is -0.352 e. The molecule has 2 N–H and O–H groups in total. The van der Waals surface area contributed by atoms with Crippen LogP contribution >= 0.6 is 0 Å². The second kappa shape index (κ2) is 8.76. The Morgan fingerprint density at radius 3 is 2.57 bits per heavy atom. The Balaban J connectivity index is 1.83. The van der Waals surface area contributed by atoms with Crippen LogP contribution in [0, 0.1) is 0 Å². The highest BCUT2D eigenvalue weighted by Crippen LogP contribution is 2.15. The number of aryl methyl sites for hydroxylation is 1. The second-order valence-corrected chi connectivity index (χ2v) is 6.95. The van der Waals surface area contributed by atoms with E-state index in [0.717, 1.165) is 17.4 Å². The molecule has 10 nitrogen and oxygen atoms in total. The van der Waals surface area contributed by atoms with Gasteiger partial charge in [-0.15, -0.1) is 0 Å². The summed E-state index contributed by atoms with van der Waals surface area (Å²) >= 11 is 0. The fourth-order valence-electron chi connectivity index (χ4n) is 3.13. The van der Waals surface area contributed by atoms with Gasteiger partial charge in [-0.25, -0.2) is 9.78 Å². The lowest BCUT2D eigenvalue weighted by molar-refractivity contribution is -0.116. The van der Waals surface area contributed by atoms with Crippen molar-refractivity contribution in [2.24, 2.45) is 14.1 Å². The molecule has 3 rings (SSSR count). The molecule has 0 saturated carbocycles. The zero-order chi connectivity index (χ0) is 21.8. The summed E-state index contributed by atoms with van der Waals surface area (Å²) < 4.78 is 3.60. The van der Waals surface area contributed by atoms with Gasteiger partial charge in [0.2, 0.25) is 5.91 Å². The van der Waals surface area contributed by atoms with Crippen LogP contribution in [0.2, 0.25) is 0 Å². The van der Waals surface area contributed by atoms with E-state index in [2.05, 4.69) is 15.6 Å². The molecule has 0 aliphatic carbocycles. The average Bonchev–Trinajstić information content (AvgIpc) is 3.14. The minimum atomic E-state index is -0.533. The molecule has 2 aromatic heterocycles. The van der Waals surface area contributed by atoms with Crippen LogP contribution < -0.4 is 21.9 Å². The van der Waals surface area contributed by atoms with E-state index in [0.29, 0.717) is 17.8 Å². The largest absolute Gasteiger partial charge is 0.352 e.